The topological polar surface area (TPSA) is 61.4 Å². The van der Waals surface area contributed by atoms with Gasteiger partial charge >= 0.3 is 0 Å². The molecule has 0 bridgehead atoms. The van der Waals surface area contributed by atoms with Crippen molar-refractivity contribution in [1.82, 2.24) is 4.90 Å². The monoisotopic (exact) mass is 395 g/mol. The lowest BCUT2D eigenvalue weighted by Crippen LogP contribution is -2.39. The van der Waals surface area contributed by atoms with Gasteiger partial charge in [-0.25, -0.2) is 0 Å². The summed E-state index contributed by atoms with van der Waals surface area (Å²) in [5.74, 6) is 0.164. The molecule has 0 heterocycles. The highest BCUT2D eigenvalue weighted by Crippen LogP contribution is 2.26. The van der Waals surface area contributed by atoms with E-state index in [4.69, 9.17) is 0 Å². The van der Waals surface area contributed by atoms with Gasteiger partial charge in [-0.15, -0.1) is 0 Å². The first-order chi connectivity index (χ1) is 13.9. The lowest BCUT2D eigenvalue weighted by atomic mass is 9.97. The molecule has 2 rings (SSSR count). The summed E-state index contributed by atoms with van der Waals surface area (Å²) < 4.78 is 0. The van der Waals surface area contributed by atoms with E-state index in [1.165, 1.54) is 0 Å². The van der Waals surface area contributed by atoms with E-state index in [1.54, 1.807) is 0 Å². The summed E-state index contributed by atoms with van der Waals surface area (Å²) >= 11 is 0. The number of para-hydroxylation sites is 2. The van der Waals surface area contributed by atoms with Gasteiger partial charge in [0, 0.05) is 11.4 Å². The van der Waals surface area contributed by atoms with Crippen LogP contribution in [0.25, 0.3) is 0 Å². The fourth-order valence-corrected chi connectivity index (χ4v) is 3.29. The van der Waals surface area contributed by atoms with Crippen LogP contribution in [0.15, 0.2) is 48.5 Å². The minimum Gasteiger partial charge on any atom is -0.325 e. The second-order valence-corrected chi connectivity index (χ2v) is 7.52. The Morgan fingerprint density at radius 1 is 0.897 bits per heavy atom. The molecule has 0 saturated heterocycles. The molecule has 2 aromatic rings. The maximum atomic E-state index is 12.7. The Morgan fingerprint density at radius 3 is 2.03 bits per heavy atom. The van der Waals surface area contributed by atoms with Crippen LogP contribution < -0.4 is 10.6 Å². The number of nitrogens with one attached hydrogen (secondary N) is 2. The molecule has 156 valence electrons. The van der Waals surface area contributed by atoms with Crippen LogP contribution in [0.5, 0.6) is 0 Å². The normalized spacial score (nSPS) is 11.9. The van der Waals surface area contributed by atoms with Gasteiger partial charge in [0.25, 0.3) is 0 Å². The largest absolute Gasteiger partial charge is 0.325 e. The Morgan fingerprint density at radius 2 is 1.45 bits per heavy atom. The van der Waals surface area contributed by atoms with Gasteiger partial charge in [-0.1, -0.05) is 57.2 Å². The predicted molar refractivity (Wildman–Crippen MR) is 120 cm³/mol. The van der Waals surface area contributed by atoms with Crippen LogP contribution in [0.1, 0.15) is 50.7 Å². The summed E-state index contributed by atoms with van der Waals surface area (Å²) in [6.45, 7) is 9.35. The highest BCUT2D eigenvalue weighted by atomic mass is 16.2. The maximum Gasteiger partial charge on any atom is 0.238 e. The van der Waals surface area contributed by atoms with Crippen LogP contribution in [0.3, 0.4) is 0 Å². The standard InChI is InChI=1S/C24H33N3O2/c1-5-15-27(16-23(28)25-21-13-9-7-11-19(21)4)17-24(29)26-22-14-10-8-12-20(22)18(3)6-2/h7-14,18H,5-6,15-17H2,1-4H3,(H,25,28)(H,26,29)/t18-/m1/s1. The lowest BCUT2D eigenvalue weighted by molar-refractivity contribution is -0.120. The van der Waals surface area contributed by atoms with Crippen molar-refractivity contribution in [2.24, 2.45) is 0 Å². The fourth-order valence-electron chi connectivity index (χ4n) is 3.29. The van der Waals surface area contributed by atoms with Crippen molar-refractivity contribution in [1.29, 1.82) is 0 Å². The van der Waals surface area contributed by atoms with E-state index in [-0.39, 0.29) is 24.9 Å². The third-order valence-corrected chi connectivity index (χ3v) is 5.07. The van der Waals surface area contributed by atoms with Gasteiger partial charge < -0.3 is 10.6 Å². The number of hydrogen-bond acceptors (Lipinski definition) is 3. The highest BCUT2D eigenvalue weighted by molar-refractivity contribution is 5.95. The first kappa shape index (κ1) is 22.6. The highest BCUT2D eigenvalue weighted by Gasteiger charge is 2.16. The molecular formula is C24H33N3O2. The number of aryl methyl sites for hydroxylation is 1. The van der Waals surface area contributed by atoms with E-state index < -0.39 is 0 Å². The Kier molecular flexibility index (Phi) is 8.87. The molecule has 0 aliphatic heterocycles. The van der Waals surface area contributed by atoms with Crippen molar-refractivity contribution < 1.29 is 9.59 Å². The maximum absolute atomic E-state index is 12.7. The molecule has 0 unspecified atom stereocenters. The number of benzene rings is 2. The van der Waals surface area contributed by atoms with Crippen LogP contribution in [0.4, 0.5) is 11.4 Å². The van der Waals surface area contributed by atoms with Crippen LogP contribution >= 0.6 is 0 Å². The number of hydrogen-bond donors (Lipinski definition) is 2. The van der Waals surface area contributed by atoms with Crippen molar-refractivity contribution in [2.45, 2.75) is 46.5 Å². The lowest BCUT2D eigenvalue weighted by Gasteiger charge is -2.22. The zero-order chi connectivity index (χ0) is 21.2. The number of carbonyl (C=O) groups is 2. The summed E-state index contributed by atoms with van der Waals surface area (Å²) in [6.07, 6.45) is 1.88. The molecule has 1 atom stereocenters. The zero-order valence-corrected chi connectivity index (χ0v) is 18.0. The van der Waals surface area contributed by atoms with Crippen molar-refractivity contribution in [3.05, 3.63) is 59.7 Å². The Labute approximate surface area is 174 Å². The second kappa shape index (κ2) is 11.4. The molecule has 0 aliphatic rings. The van der Waals surface area contributed by atoms with E-state index in [0.717, 1.165) is 35.3 Å². The van der Waals surface area contributed by atoms with Crippen molar-refractivity contribution in [3.63, 3.8) is 0 Å². The molecule has 5 nitrogen and oxygen atoms in total. The molecule has 0 spiro atoms. The SMILES string of the molecule is CCCN(CC(=O)Nc1ccccc1C)CC(=O)Nc1ccccc1[C@H](C)CC. The number of amides is 2. The summed E-state index contributed by atoms with van der Waals surface area (Å²) in [7, 11) is 0. The number of rotatable bonds is 10. The fraction of sp³-hybridized carbons (Fsp3) is 0.417. The predicted octanol–water partition coefficient (Wildman–Crippen LogP) is 4.80. The minimum atomic E-state index is -0.111. The van der Waals surface area contributed by atoms with Gasteiger partial charge in [-0.05, 0) is 55.5 Å². The summed E-state index contributed by atoms with van der Waals surface area (Å²) in [5, 5.41) is 5.98. The molecule has 0 saturated carbocycles. The molecule has 5 heteroatoms. The first-order valence-electron chi connectivity index (χ1n) is 10.4. The van der Waals surface area contributed by atoms with Gasteiger partial charge in [-0.3, -0.25) is 14.5 Å². The van der Waals surface area contributed by atoms with E-state index in [1.807, 2.05) is 61.2 Å². The first-order valence-corrected chi connectivity index (χ1v) is 10.4. The number of carbonyl (C=O) groups excluding carboxylic acids is 2. The van der Waals surface area contributed by atoms with Gasteiger partial charge in [0.15, 0.2) is 0 Å². The molecule has 2 aromatic carbocycles. The summed E-state index contributed by atoms with van der Waals surface area (Å²) in [4.78, 5) is 27.0. The summed E-state index contributed by atoms with van der Waals surface area (Å²) in [6, 6.07) is 15.6. The van der Waals surface area contributed by atoms with Crippen LogP contribution in [-0.4, -0.2) is 36.3 Å². The van der Waals surface area contributed by atoms with Crippen LogP contribution in [0.2, 0.25) is 0 Å². The van der Waals surface area contributed by atoms with Crippen LogP contribution in [0, 0.1) is 6.92 Å². The van der Waals surface area contributed by atoms with Crippen molar-refractivity contribution in [2.75, 3.05) is 30.3 Å². The molecule has 2 N–H and O–H groups in total. The van der Waals surface area contributed by atoms with Crippen LogP contribution in [-0.2, 0) is 9.59 Å². The average molecular weight is 396 g/mol. The van der Waals surface area contributed by atoms with Gasteiger partial charge in [-0.2, -0.15) is 0 Å². The minimum absolute atomic E-state index is 0.0992. The van der Waals surface area contributed by atoms with E-state index in [2.05, 4.69) is 30.5 Å². The Hall–Kier alpha value is -2.66. The Balaban J connectivity index is 1.98. The van der Waals surface area contributed by atoms with E-state index in [0.29, 0.717) is 12.5 Å². The molecule has 0 aliphatic carbocycles. The van der Waals surface area contributed by atoms with Gasteiger partial charge in [0.2, 0.25) is 11.8 Å². The smallest absolute Gasteiger partial charge is 0.238 e. The Bertz CT molecular complexity index is 819. The molecule has 0 aromatic heterocycles. The van der Waals surface area contributed by atoms with Crippen molar-refractivity contribution in [3.8, 4) is 0 Å². The van der Waals surface area contributed by atoms with E-state index in [9.17, 15) is 9.59 Å². The molecule has 29 heavy (non-hydrogen) atoms. The zero-order valence-electron chi connectivity index (χ0n) is 18.0. The third kappa shape index (κ3) is 7.02. The van der Waals surface area contributed by atoms with E-state index >= 15 is 0 Å². The quantitative estimate of drug-likeness (QED) is 0.607. The number of nitrogens with zero attached hydrogens (tertiary/aromatic N) is 1. The number of anilines is 2. The third-order valence-electron chi connectivity index (χ3n) is 5.07. The van der Waals surface area contributed by atoms with Gasteiger partial charge in [0.05, 0.1) is 13.1 Å². The second-order valence-electron chi connectivity index (χ2n) is 7.52. The van der Waals surface area contributed by atoms with Gasteiger partial charge in [0.1, 0.15) is 0 Å². The molecule has 2 amide bonds. The molecular weight excluding hydrogens is 362 g/mol. The van der Waals surface area contributed by atoms with Crippen molar-refractivity contribution >= 4 is 23.2 Å². The molecule has 0 radical (unpaired) electrons. The average Bonchev–Trinajstić information content (AvgIpc) is 2.69. The summed E-state index contributed by atoms with van der Waals surface area (Å²) in [5.41, 5.74) is 3.82. The molecule has 0 fully saturated rings.